The molecule has 0 radical (unpaired) electrons. The summed E-state index contributed by atoms with van der Waals surface area (Å²) in [4.78, 5) is 24.2. The Bertz CT molecular complexity index is 514. The van der Waals surface area contributed by atoms with Crippen molar-refractivity contribution in [2.75, 3.05) is 20.7 Å². The Hall–Kier alpha value is -2.24. The fourth-order valence-electron chi connectivity index (χ4n) is 1.95. The van der Waals surface area contributed by atoms with Crippen molar-refractivity contribution in [1.29, 1.82) is 0 Å². The highest BCUT2D eigenvalue weighted by Gasteiger charge is 2.31. The molecule has 1 saturated heterocycles. The maximum absolute atomic E-state index is 11.8. The number of amides is 1. The molecular weight excluding hydrogens is 250 g/mol. The molecule has 1 aromatic carbocycles. The normalized spacial score (nSPS) is 18.5. The van der Waals surface area contributed by atoms with Crippen molar-refractivity contribution >= 4 is 11.9 Å². The molecule has 0 bridgehead atoms. The van der Waals surface area contributed by atoms with Crippen LogP contribution in [0.2, 0.25) is 0 Å². The van der Waals surface area contributed by atoms with Gasteiger partial charge in [0.1, 0.15) is 0 Å². The van der Waals surface area contributed by atoms with E-state index in [1.165, 1.54) is 25.3 Å². The van der Waals surface area contributed by atoms with Crippen LogP contribution in [0.25, 0.3) is 0 Å². The lowest BCUT2D eigenvalue weighted by atomic mass is 10.2. The topological polar surface area (TPSA) is 76.1 Å². The first-order valence-corrected chi connectivity index (χ1v) is 5.86. The van der Waals surface area contributed by atoms with Crippen LogP contribution in [0.15, 0.2) is 18.2 Å². The Labute approximate surface area is 110 Å². The summed E-state index contributed by atoms with van der Waals surface area (Å²) in [6.45, 7) is 0.652. The molecule has 1 heterocycles. The van der Waals surface area contributed by atoms with Crippen LogP contribution in [0.5, 0.6) is 11.5 Å². The zero-order valence-corrected chi connectivity index (χ0v) is 10.8. The molecule has 6 nitrogen and oxygen atoms in total. The second kappa shape index (κ2) is 5.17. The van der Waals surface area contributed by atoms with E-state index < -0.39 is 12.1 Å². The smallest absolute Gasteiger partial charge is 0.335 e. The largest absolute Gasteiger partial charge is 0.493 e. The highest BCUT2D eigenvalue weighted by molar-refractivity contribution is 5.88. The molecule has 19 heavy (non-hydrogen) atoms. The third kappa shape index (κ3) is 2.62. The monoisotopic (exact) mass is 265 g/mol. The number of carbonyl (C=O) groups excluding carboxylic acids is 1. The predicted molar refractivity (Wildman–Crippen MR) is 66.6 cm³/mol. The fourth-order valence-corrected chi connectivity index (χ4v) is 1.95. The first-order valence-electron chi connectivity index (χ1n) is 5.86. The first-order chi connectivity index (χ1) is 9.02. The molecule has 1 aromatic rings. The third-order valence-electron chi connectivity index (χ3n) is 3.06. The van der Waals surface area contributed by atoms with Crippen LogP contribution in [0.1, 0.15) is 16.8 Å². The van der Waals surface area contributed by atoms with Crippen molar-refractivity contribution in [1.82, 2.24) is 4.90 Å². The van der Waals surface area contributed by atoms with Gasteiger partial charge in [-0.15, -0.1) is 0 Å². The van der Waals surface area contributed by atoms with E-state index in [-0.39, 0.29) is 11.5 Å². The molecule has 2 rings (SSSR count). The number of nitrogens with zero attached hydrogens (tertiary/aromatic N) is 1. The number of carbonyl (C=O) groups is 2. The fraction of sp³-hybridized carbons (Fsp3) is 0.385. The lowest BCUT2D eigenvalue weighted by Gasteiger charge is -2.15. The van der Waals surface area contributed by atoms with Gasteiger partial charge in [-0.1, -0.05) is 0 Å². The van der Waals surface area contributed by atoms with Gasteiger partial charge >= 0.3 is 5.97 Å². The van der Waals surface area contributed by atoms with Crippen molar-refractivity contribution in [3.8, 4) is 11.5 Å². The number of likely N-dealkylation sites (tertiary alicyclic amines) is 1. The SMILES string of the molecule is COc1cc(C(=O)O)ccc1OC1CCN(C)C1=O. The average Bonchev–Trinajstić information content (AvgIpc) is 2.71. The Morgan fingerprint density at radius 2 is 2.16 bits per heavy atom. The molecule has 0 aliphatic carbocycles. The van der Waals surface area contributed by atoms with Gasteiger partial charge in [0.25, 0.3) is 5.91 Å². The number of ether oxygens (including phenoxy) is 2. The van der Waals surface area contributed by atoms with Crippen molar-refractivity contribution < 1.29 is 24.2 Å². The third-order valence-corrected chi connectivity index (χ3v) is 3.06. The summed E-state index contributed by atoms with van der Waals surface area (Å²) in [5, 5.41) is 8.90. The van der Waals surface area contributed by atoms with Crippen LogP contribution < -0.4 is 9.47 Å². The van der Waals surface area contributed by atoms with Gasteiger partial charge in [0.15, 0.2) is 17.6 Å². The summed E-state index contributed by atoms with van der Waals surface area (Å²) in [7, 11) is 3.15. The zero-order chi connectivity index (χ0) is 14.0. The number of methoxy groups -OCH3 is 1. The molecule has 1 unspecified atom stereocenters. The summed E-state index contributed by atoms with van der Waals surface area (Å²) in [5.41, 5.74) is 0.110. The maximum Gasteiger partial charge on any atom is 0.335 e. The van der Waals surface area contributed by atoms with E-state index in [1.807, 2.05) is 0 Å². The Morgan fingerprint density at radius 3 is 2.68 bits per heavy atom. The quantitative estimate of drug-likeness (QED) is 0.879. The lowest BCUT2D eigenvalue weighted by Crippen LogP contribution is -2.29. The number of rotatable bonds is 4. The summed E-state index contributed by atoms with van der Waals surface area (Å²) < 4.78 is 10.7. The van der Waals surface area contributed by atoms with Gasteiger partial charge in [0, 0.05) is 20.0 Å². The molecule has 0 spiro atoms. The van der Waals surface area contributed by atoms with E-state index in [2.05, 4.69) is 0 Å². The number of benzene rings is 1. The van der Waals surface area contributed by atoms with Crippen molar-refractivity contribution in [2.45, 2.75) is 12.5 Å². The summed E-state index contributed by atoms with van der Waals surface area (Å²) in [6, 6.07) is 4.30. The molecule has 0 aromatic heterocycles. The van der Waals surface area contributed by atoms with Gasteiger partial charge in [-0.05, 0) is 18.2 Å². The van der Waals surface area contributed by atoms with Gasteiger partial charge in [-0.2, -0.15) is 0 Å². The van der Waals surface area contributed by atoms with Crippen molar-refractivity contribution in [2.24, 2.45) is 0 Å². The highest BCUT2D eigenvalue weighted by atomic mass is 16.5. The summed E-state index contributed by atoms with van der Waals surface area (Å²) >= 11 is 0. The van der Waals surface area contributed by atoms with Crippen LogP contribution in [0.4, 0.5) is 0 Å². The molecule has 102 valence electrons. The van der Waals surface area contributed by atoms with Gasteiger partial charge in [0.2, 0.25) is 0 Å². The highest BCUT2D eigenvalue weighted by Crippen LogP contribution is 2.30. The Balaban J connectivity index is 2.21. The van der Waals surface area contributed by atoms with Gasteiger partial charge in [-0.25, -0.2) is 4.79 Å². The van der Waals surface area contributed by atoms with Crippen LogP contribution in [-0.4, -0.2) is 48.7 Å². The number of carboxylic acid groups (broad SMARTS) is 1. The molecule has 1 aliphatic heterocycles. The molecule has 1 amide bonds. The van der Waals surface area contributed by atoms with E-state index >= 15 is 0 Å². The molecule has 1 atom stereocenters. The molecule has 1 aliphatic rings. The maximum atomic E-state index is 11.8. The molecule has 6 heteroatoms. The Kier molecular flexibility index (Phi) is 3.59. The minimum atomic E-state index is -1.04. The number of carboxylic acids is 1. The average molecular weight is 265 g/mol. The van der Waals surface area contributed by atoms with Crippen molar-refractivity contribution in [3.05, 3.63) is 23.8 Å². The first kappa shape index (κ1) is 13.2. The van der Waals surface area contributed by atoms with E-state index in [0.717, 1.165) is 0 Å². The molecule has 1 N–H and O–H groups in total. The molecule has 0 saturated carbocycles. The predicted octanol–water partition coefficient (Wildman–Crippen LogP) is 1.00. The number of hydrogen-bond donors (Lipinski definition) is 1. The zero-order valence-electron chi connectivity index (χ0n) is 10.8. The number of hydrogen-bond acceptors (Lipinski definition) is 4. The number of likely N-dealkylation sites (N-methyl/N-ethyl adjacent to an activating group) is 1. The number of aromatic carboxylic acids is 1. The van der Waals surface area contributed by atoms with Gasteiger partial charge in [-0.3, -0.25) is 4.79 Å². The molecular formula is C13H15NO5. The minimum absolute atomic E-state index is 0.0793. The minimum Gasteiger partial charge on any atom is -0.493 e. The van der Waals surface area contributed by atoms with Crippen molar-refractivity contribution in [3.63, 3.8) is 0 Å². The van der Waals surface area contributed by atoms with Gasteiger partial charge in [0.05, 0.1) is 12.7 Å². The second-order valence-electron chi connectivity index (χ2n) is 4.33. The second-order valence-corrected chi connectivity index (χ2v) is 4.33. The van der Waals surface area contributed by atoms with Gasteiger partial charge < -0.3 is 19.5 Å². The van der Waals surface area contributed by atoms with Crippen LogP contribution in [0, 0.1) is 0 Å². The van der Waals surface area contributed by atoms with Crippen LogP contribution in [-0.2, 0) is 4.79 Å². The summed E-state index contributed by atoms with van der Waals surface area (Å²) in [6.07, 6.45) is 0.0775. The standard InChI is InChI=1S/C13H15NO5/c1-14-6-5-10(12(14)15)19-9-4-3-8(13(16)17)7-11(9)18-2/h3-4,7,10H,5-6H2,1-2H3,(H,16,17). The Morgan fingerprint density at radius 1 is 1.42 bits per heavy atom. The van der Waals surface area contributed by atoms with E-state index in [1.54, 1.807) is 11.9 Å². The van der Waals surface area contributed by atoms with E-state index in [0.29, 0.717) is 24.5 Å². The lowest BCUT2D eigenvalue weighted by molar-refractivity contribution is -0.132. The van der Waals surface area contributed by atoms with E-state index in [4.69, 9.17) is 14.6 Å². The van der Waals surface area contributed by atoms with Crippen LogP contribution in [0.3, 0.4) is 0 Å². The molecule has 1 fully saturated rings. The van der Waals surface area contributed by atoms with E-state index in [9.17, 15) is 9.59 Å². The summed E-state index contributed by atoms with van der Waals surface area (Å²) in [5.74, 6) is -0.436. The van der Waals surface area contributed by atoms with Crippen LogP contribution >= 0.6 is 0 Å².